The van der Waals surface area contributed by atoms with E-state index in [2.05, 4.69) is 70.3 Å². The van der Waals surface area contributed by atoms with E-state index >= 15 is 0 Å². The highest BCUT2D eigenvalue weighted by atomic mass is 35.5. The van der Waals surface area contributed by atoms with Crippen LogP contribution >= 0.6 is 11.6 Å². The molecule has 0 aliphatic rings. The van der Waals surface area contributed by atoms with E-state index in [0.29, 0.717) is 13.0 Å². The molecule has 0 aliphatic carbocycles. The van der Waals surface area contributed by atoms with Crippen molar-refractivity contribution >= 4 is 23.3 Å². The molecule has 1 amide bonds. The Labute approximate surface area is 223 Å². The van der Waals surface area contributed by atoms with E-state index in [-0.39, 0.29) is 12.2 Å². The molecule has 0 unspecified atom stereocenters. The van der Waals surface area contributed by atoms with Crippen molar-refractivity contribution in [2.45, 2.75) is 60.5 Å². The Morgan fingerprint density at radius 2 is 1.31 bits per heavy atom. The number of carbonyl (C=O) groups excluding carboxylic acids is 2. The maximum atomic E-state index is 12.6. The lowest BCUT2D eigenvalue weighted by Gasteiger charge is -2.37. The Balaban J connectivity index is 1.86. The molecule has 0 saturated carbocycles. The average molecular weight is 516 g/mol. The summed E-state index contributed by atoms with van der Waals surface area (Å²) in [5.41, 5.74) is 3.77. The summed E-state index contributed by atoms with van der Waals surface area (Å²) in [5.74, 6) is -0.767. The molecule has 0 aromatic heterocycles. The van der Waals surface area contributed by atoms with Crippen LogP contribution in [0, 0.1) is 6.92 Å². The number of aryl methyl sites for hydroxylation is 1. The molecule has 2 aromatic carbocycles. The number of hydrogen-bond donors (Lipinski definition) is 1. The van der Waals surface area contributed by atoms with Crippen molar-refractivity contribution in [2.24, 2.45) is 0 Å². The fraction of sp³-hybridized carbons (Fsp3) is 0.533. The normalized spacial score (nSPS) is 11.9. The van der Waals surface area contributed by atoms with E-state index < -0.39 is 5.91 Å². The van der Waals surface area contributed by atoms with Crippen molar-refractivity contribution in [1.29, 1.82) is 0 Å². The van der Waals surface area contributed by atoms with Gasteiger partial charge in [0.05, 0.1) is 45.8 Å². The highest BCUT2D eigenvalue weighted by Gasteiger charge is 2.27. The molecule has 0 fully saturated rings. The van der Waals surface area contributed by atoms with Gasteiger partial charge in [-0.3, -0.25) is 9.59 Å². The van der Waals surface area contributed by atoms with Gasteiger partial charge in [0.2, 0.25) is 5.78 Å². The quantitative estimate of drug-likeness (QED) is 0.236. The minimum Gasteiger partial charge on any atom is -0.344 e. The largest absolute Gasteiger partial charge is 0.344 e. The van der Waals surface area contributed by atoms with Gasteiger partial charge in [-0.25, -0.2) is 0 Å². The summed E-state index contributed by atoms with van der Waals surface area (Å²) < 4.78 is 1.74. The SMILES string of the molecule is CC[N+](CC)(CCNC(=O)C(=O)CCC[N+](CC)(CC)Cc1ccccc1Cl)Cc1ccccc1C. The molecule has 0 bridgehead atoms. The fourth-order valence-corrected chi connectivity index (χ4v) is 5.21. The monoisotopic (exact) mass is 515 g/mol. The molecule has 0 aliphatic heterocycles. The van der Waals surface area contributed by atoms with Crippen LogP contribution in [-0.4, -0.2) is 66.5 Å². The summed E-state index contributed by atoms with van der Waals surface area (Å²) in [4.78, 5) is 25.2. The lowest BCUT2D eigenvalue weighted by molar-refractivity contribution is -0.937. The second-order valence-electron chi connectivity index (χ2n) is 10.0. The molecule has 0 radical (unpaired) electrons. The predicted octanol–water partition coefficient (Wildman–Crippen LogP) is 5.53. The molecule has 1 N–H and O–H groups in total. The minimum atomic E-state index is -0.451. The smallest absolute Gasteiger partial charge is 0.287 e. The summed E-state index contributed by atoms with van der Waals surface area (Å²) in [7, 11) is 0. The van der Waals surface area contributed by atoms with E-state index in [1.165, 1.54) is 11.1 Å². The van der Waals surface area contributed by atoms with Gasteiger partial charge in [-0.1, -0.05) is 54.1 Å². The topological polar surface area (TPSA) is 46.2 Å². The first-order chi connectivity index (χ1) is 17.2. The number of quaternary nitrogens is 2. The van der Waals surface area contributed by atoms with Crippen molar-refractivity contribution in [2.75, 3.05) is 45.8 Å². The Kier molecular flexibility index (Phi) is 12.1. The lowest BCUT2D eigenvalue weighted by Crippen LogP contribution is -2.51. The number of halogens is 1. The van der Waals surface area contributed by atoms with Gasteiger partial charge in [0.1, 0.15) is 13.1 Å². The summed E-state index contributed by atoms with van der Waals surface area (Å²) in [6.07, 6.45) is 0.967. The van der Waals surface area contributed by atoms with Gasteiger partial charge in [0.15, 0.2) is 0 Å². The van der Waals surface area contributed by atoms with Crippen molar-refractivity contribution in [3.8, 4) is 0 Å². The summed E-state index contributed by atoms with van der Waals surface area (Å²) in [6.45, 7) is 18.7. The summed E-state index contributed by atoms with van der Waals surface area (Å²) >= 11 is 6.41. The van der Waals surface area contributed by atoms with Crippen LogP contribution in [0.15, 0.2) is 48.5 Å². The van der Waals surface area contributed by atoms with Crippen molar-refractivity contribution in [3.05, 3.63) is 70.2 Å². The predicted molar refractivity (Wildman–Crippen MR) is 150 cm³/mol. The Morgan fingerprint density at radius 3 is 1.89 bits per heavy atom. The lowest BCUT2D eigenvalue weighted by atomic mass is 10.1. The molecule has 36 heavy (non-hydrogen) atoms. The number of likely N-dealkylation sites (N-methyl/N-ethyl adjacent to an activating group) is 1. The first kappa shape index (κ1) is 30.0. The average Bonchev–Trinajstić information content (AvgIpc) is 2.89. The van der Waals surface area contributed by atoms with E-state index in [1.807, 2.05) is 18.2 Å². The van der Waals surface area contributed by atoms with Gasteiger partial charge in [0.25, 0.3) is 5.91 Å². The number of ketones is 1. The molecule has 0 saturated heterocycles. The molecule has 2 aromatic rings. The Bertz CT molecular complexity index is 904. The molecule has 2 rings (SSSR count). The van der Waals surface area contributed by atoms with Crippen LogP contribution in [0.25, 0.3) is 0 Å². The van der Waals surface area contributed by atoms with Gasteiger partial charge in [-0.15, -0.1) is 0 Å². The first-order valence-electron chi connectivity index (χ1n) is 13.5. The van der Waals surface area contributed by atoms with E-state index in [4.69, 9.17) is 11.6 Å². The van der Waals surface area contributed by atoms with Gasteiger partial charge < -0.3 is 14.3 Å². The van der Waals surface area contributed by atoms with Crippen LogP contribution in [0.2, 0.25) is 5.02 Å². The van der Waals surface area contributed by atoms with Crippen LogP contribution in [0.4, 0.5) is 0 Å². The van der Waals surface area contributed by atoms with Crippen LogP contribution in [0.1, 0.15) is 57.2 Å². The van der Waals surface area contributed by atoms with Crippen molar-refractivity contribution in [1.82, 2.24) is 5.32 Å². The van der Waals surface area contributed by atoms with Gasteiger partial charge in [-0.2, -0.15) is 0 Å². The number of carbonyl (C=O) groups is 2. The number of benzene rings is 2. The first-order valence-corrected chi connectivity index (χ1v) is 13.9. The zero-order valence-corrected chi connectivity index (χ0v) is 23.7. The van der Waals surface area contributed by atoms with E-state index in [9.17, 15) is 9.59 Å². The van der Waals surface area contributed by atoms with E-state index in [1.54, 1.807) is 0 Å². The molecule has 5 nitrogen and oxygen atoms in total. The number of amides is 1. The molecular formula is C30H46ClN3O2+2. The third-order valence-corrected chi connectivity index (χ3v) is 8.44. The maximum Gasteiger partial charge on any atom is 0.287 e. The van der Waals surface area contributed by atoms with Crippen LogP contribution in [0.3, 0.4) is 0 Å². The molecule has 0 heterocycles. The number of nitrogens with one attached hydrogen (secondary N) is 1. The zero-order chi connectivity index (χ0) is 26.6. The van der Waals surface area contributed by atoms with Crippen LogP contribution < -0.4 is 5.32 Å². The molecule has 198 valence electrons. The summed E-state index contributed by atoms with van der Waals surface area (Å²) in [6, 6.07) is 16.4. The maximum absolute atomic E-state index is 12.6. The number of Topliss-reactive ketones (excluding diaryl/α,β-unsaturated/α-hetero) is 1. The second-order valence-corrected chi connectivity index (χ2v) is 10.4. The minimum absolute atomic E-state index is 0.277. The molecule has 0 atom stereocenters. The number of rotatable bonds is 16. The fourth-order valence-electron chi connectivity index (χ4n) is 5.02. The molecular weight excluding hydrogens is 470 g/mol. The summed E-state index contributed by atoms with van der Waals surface area (Å²) in [5, 5.41) is 3.69. The van der Waals surface area contributed by atoms with Crippen LogP contribution in [0.5, 0.6) is 0 Å². The standard InChI is InChI=1S/C30H45ClN3O2/c1-6-33(7-2,24-27-17-12-13-18-28(27)31)21-14-19-29(35)30(36)32-20-22-34(8-3,9-4)23-26-16-11-10-15-25(26)5/h10-13,15-18H,6-9,14,19-24H2,1-5H3/q+1/p+1. The van der Waals surface area contributed by atoms with Crippen LogP contribution in [-0.2, 0) is 22.7 Å². The zero-order valence-electron chi connectivity index (χ0n) is 23.0. The highest BCUT2D eigenvalue weighted by Crippen LogP contribution is 2.22. The van der Waals surface area contributed by atoms with Gasteiger partial charge in [0, 0.05) is 29.0 Å². The van der Waals surface area contributed by atoms with E-state index in [0.717, 1.165) is 71.9 Å². The molecule has 6 heteroatoms. The van der Waals surface area contributed by atoms with Gasteiger partial charge >= 0.3 is 0 Å². The van der Waals surface area contributed by atoms with Crippen molar-refractivity contribution < 1.29 is 18.6 Å². The second kappa shape index (κ2) is 14.5. The number of hydrogen-bond acceptors (Lipinski definition) is 2. The third kappa shape index (κ3) is 8.43. The number of nitrogens with zero attached hydrogens (tertiary/aromatic N) is 2. The Morgan fingerprint density at radius 1 is 0.778 bits per heavy atom. The van der Waals surface area contributed by atoms with Crippen molar-refractivity contribution in [3.63, 3.8) is 0 Å². The Hall–Kier alpha value is -2.21. The third-order valence-electron chi connectivity index (χ3n) is 8.08. The molecule has 0 spiro atoms. The highest BCUT2D eigenvalue weighted by molar-refractivity contribution is 6.36. The van der Waals surface area contributed by atoms with Gasteiger partial charge in [-0.05, 0) is 46.2 Å².